The van der Waals surface area contributed by atoms with E-state index in [2.05, 4.69) is 24.9 Å². The lowest BCUT2D eigenvalue weighted by atomic mass is 10.2. The molecule has 1 aromatic carbocycles. The van der Waals surface area contributed by atoms with Gasteiger partial charge in [0, 0.05) is 24.0 Å². The van der Waals surface area contributed by atoms with Gasteiger partial charge in [0.25, 0.3) is 0 Å². The van der Waals surface area contributed by atoms with E-state index in [1.807, 2.05) is 48.7 Å². The maximum atomic E-state index is 13.4. The number of anilines is 1. The normalized spacial score (nSPS) is 16.2. The molecular weight excluding hydrogens is 452 g/mol. The van der Waals surface area contributed by atoms with Crippen LogP contribution in [0.4, 0.5) is 5.95 Å². The lowest BCUT2D eigenvalue weighted by Gasteiger charge is -2.25. The van der Waals surface area contributed by atoms with Gasteiger partial charge in [-0.05, 0) is 33.6 Å². The van der Waals surface area contributed by atoms with Crippen LogP contribution in [0.15, 0.2) is 42.7 Å². The zero-order chi connectivity index (χ0) is 22.9. The second-order valence-electron chi connectivity index (χ2n) is 8.03. The number of nitrogens with zero attached hydrogens (tertiary/aromatic N) is 5. The Hall–Kier alpha value is -2.56. The van der Waals surface area contributed by atoms with E-state index < -0.39 is 21.4 Å². The minimum atomic E-state index is -3.92. The Morgan fingerprint density at radius 1 is 1.09 bits per heavy atom. The highest BCUT2D eigenvalue weighted by atomic mass is 35.5. The summed E-state index contributed by atoms with van der Waals surface area (Å²) in [5.41, 5.74) is 0.876. The maximum absolute atomic E-state index is 13.4. The van der Waals surface area contributed by atoms with Crippen molar-refractivity contribution in [3.63, 3.8) is 0 Å². The highest BCUT2D eigenvalue weighted by Crippen LogP contribution is 2.40. The third-order valence-corrected chi connectivity index (χ3v) is 6.99. The fraction of sp³-hybridized carbons (Fsp3) is 0.429. The molecular formula is C21H25ClN6O3S. The summed E-state index contributed by atoms with van der Waals surface area (Å²) in [7, 11) is -3.92. The van der Waals surface area contributed by atoms with Gasteiger partial charge in [-0.1, -0.05) is 41.9 Å². The van der Waals surface area contributed by atoms with Crippen molar-refractivity contribution in [3.05, 3.63) is 53.6 Å². The third-order valence-electron chi connectivity index (χ3n) is 5.10. The average Bonchev–Trinajstić information content (AvgIpc) is 3.52. The fourth-order valence-electron chi connectivity index (χ4n) is 3.35. The molecule has 3 aromatic rings. The monoisotopic (exact) mass is 476 g/mol. The van der Waals surface area contributed by atoms with Crippen molar-refractivity contribution >= 4 is 27.6 Å². The predicted molar refractivity (Wildman–Crippen MR) is 122 cm³/mol. The molecule has 0 saturated heterocycles. The molecule has 0 spiro atoms. The molecule has 0 amide bonds. The molecule has 4 rings (SSSR count). The Bertz CT molecular complexity index is 1160. The van der Waals surface area contributed by atoms with Crippen LogP contribution in [-0.4, -0.2) is 44.5 Å². The minimum Gasteiger partial charge on any atom is -0.366 e. The van der Waals surface area contributed by atoms with Gasteiger partial charge in [-0.25, -0.2) is 18.4 Å². The lowest BCUT2D eigenvalue weighted by molar-refractivity contribution is 0.00154. The first kappa shape index (κ1) is 22.6. The van der Waals surface area contributed by atoms with Gasteiger partial charge >= 0.3 is 0 Å². The van der Waals surface area contributed by atoms with Gasteiger partial charge < -0.3 is 4.74 Å². The largest absolute Gasteiger partial charge is 0.366 e. The Morgan fingerprint density at radius 2 is 1.75 bits per heavy atom. The standard InChI is InChI=1S/C21H25ClN6O3S/c1-13(2)31-18(19-23-11-16(22)12-24-19)14(3)32(29,30)27-21-26-25-20(28(21)17-9-10-17)15-7-5-4-6-8-15/h4-8,11-14,17-18H,9-10H2,1-3H3,(H,26,27). The Balaban J connectivity index is 1.64. The number of ether oxygens (including phenoxy) is 1. The molecule has 0 aliphatic heterocycles. The van der Waals surface area contributed by atoms with Crippen LogP contribution in [0.1, 0.15) is 51.6 Å². The summed E-state index contributed by atoms with van der Waals surface area (Å²) < 4.78 is 37.1. The minimum absolute atomic E-state index is 0.163. The molecule has 1 fully saturated rings. The molecule has 1 aliphatic rings. The number of aromatic nitrogens is 5. The van der Waals surface area contributed by atoms with Crippen molar-refractivity contribution in [2.45, 2.75) is 57.1 Å². The molecule has 1 N–H and O–H groups in total. The van der Waals surface area contributed by atoms with Gasteiger partial charge in [-0.2, -0.15) is 0 Å². The molecule has 1 saturated carbocycles. The Morgan fingerprint density at radius 3 is 2.34 bits per heavy atom. The lowest BCUT2D eigenvalue weighted by Crippen LogP contribution is -2.35. The summed E-state index contributed by atoms with van der Waals surface area (Å²) >= 11 is 5.89. The van der Waals surface area contributed by atoms with E-state index in [-0.39, 0.29) is 23.9 Å². The van der Waals surface area contributed by atoms with E-state index in [9.17, 15) is 8.42 Å². The zero-order valence-corrected chi connectivity index (χ0v) is 19.6. The van der Waals surface area contributed by atoms with Crippen LogP contribution < -0.4 is 4.72 Å². The molecule has 1 aliphatic carbocycles. The summed E-state index contributed by atoms with van der Waals surface area (Å²) in [6.45, 7) is 5.21. The van der Waals surface area contributed by atoms with E-state index >= 15 is 0 Å². The highest BCUT2D eigenvalue weighted by Gasteiger charge is 2.37. The molecule has 0 radical (unpaired) electrons. The molecule has 32 heavy (non-hydrogen) atoms. The third kappa shape index (κ3) is 4.92. The van der Waals surface area contributed by atoms with E-state index in [4.69, 9.17) is 16.3 Å². The van der Waals surface area contributed by atoms with Crippen molar-refractivity contribution in [1.29, 1.82) is 0 Å². The van der Waals surface area contributed by atoms with Crippen molar-refractivity contribution in [2.24, 2.45) is 0 Å². The molecule has 170 valence electrons. The van der Waals surface area contributed by atoms with Crippen LogP contribution in [-0.2, 0) is 14.8 Å². The van der Waals surface area contributed by atoms with Crippen molar-refractivity contribution < 1.29 is 13.2 Å². The quantitative estimate of drug-likeness (QED) is 0.496. The maximum Gasteiger partial charge on any atom is 0.240 e. The molecule has 0 bridgehead atoms. The van der Waals surface area contributed by atoms with Gasteiger partial charge in [0.15, 0.2) is 11.6 Å². The van der Waals surface area contributed by atoms with Crippen LogP contribution >= 0.6 is 11.6 Å². The molecule has 11 heteroatoms. The van der Waals surface area contributed by atoms with Crippen LogP contribution in [0.25, 0.3) is 11.4 Å². The second kappa shape index (κ2) is 9.13. The van der Waals surface area contributed by atoms with Crippen LogP contribution in [0.3, 0.4) is 0 Å². The average molecular weight is 477 g/mol. The first-order valence-corrected chi connectivity index (χ1v) is 12.3. The fourth-order valence-corrected chi connectivity index (χ4v) is 4.54. The van der Waals surface area contributed by atoms with Crippen LogP contribution in [0, 0.1) is 0 Å². The topological polar surface area (TPSA) is 112 Å². The van der Waals surface area contributed by atoms with E-state index in [0.717, 1.165) is 18.4 Å². The van der Waals surface area contributed by atoms with Gasteiger partial charge in [-0.15, -0.1) is 10.2 Å². The summed E-state index contributed by atoms with van der Waals surface area (Å²) in [6.07, 6.45) is 3.60. The summed E-state index contributed by atoms with van der Waals surface area (Å²) in [5, 5.41) is 7.78. The van der Waals surface area contributed by atoms with Crippen molar-refractivity contribution in [2.75, 3.05) is 4.72 Å². The molecule has 2 unspecified atom stereocenters. The Kier molecular flexibility index (Phi) is 6.45. The first-order valence-electron chi connectivity index (χ1n) is 10.4. The van der Waals surface area contributed by atoms with E-state index in [0.29, 0.717) is 10.8 Å². The van der Waals surface area contributed by atoms with Crippen molar-refractivity contribution in [1.82, 2.24) is 24.7 Å². The molecule has 2 heterocycles. The van der Waals surface area contributed by atoms with Gasteiger partial charge in [-0.3, -0.25) is 9.29 Å². The summed E-state index contributed by atoms with van der Waals surface area (Å²) in [5.74, 6) is 1.07. The number of sulfonamides is 1. The summed E-state index contributed by atoms with van der Waals surface area (Å²) in [6, 6.07) is 9.75. The number of benzene rings is 1. The number of nitrogens with one attached hydrogen (secondary N) is 1. The van der Waals surface area contributed by atoms with Gasteiger partial charge in [0.05, 0.1) is 11.1 Å². The van der Waals surface area contributed by atoms with Gasteiger partial charge in [0.2, 0.25) is 16.0 Å². The number of rotatable bonds is 9. The second-order valence-corrected chi connectivity index (χ2v) is 10.5. The number of halogens is 1. The Labute approximate surface area is 192 Å². The van der Waals surface area contributed by atoms with E-state index in [1.54, 1.807) is 6.92 Å². The highest BCUT2D eigenvalue weighted by molar-refractivity contribution is 7.93. The molecule has 9 nitrogen and oxygen atoms in total. The SMILES string of the molecule is CC(C)OC(c1ncc(Cl)cn1)C(C)S(=O)(=O)Nc1nnc(-c2ccccc2)n1C1CC1. The molecule has 2 atom stereocenters. The predicted octanol–water partition coefficient (Wildman–Crippen LogP) is 4.02. The first-order chi connectivity index (χ1) is 15.3. The smallest absolute Gasteiger partial charge is 0.240 e. The number of hydrogen-bond donors (Lipinski definition) is 1. The van der Waals surface area contributed by atoms with Gasteiger partial charge in [0.1, 0.15) is 11.4 Å². The van der Waals surface area contributed by atoms with Crippen LogP contribution in [0.5, 0.6) is 0 Å². The van der Waals surface area contributed by atoms with E-state index in [1.165, 1.54) is 12.4 Å². The summed E-state index contributed by atoms with van der Waals surface area (Å²) in [4.78, 5) is 8.36. The zero-order valence-electron chi connectivity index (χ0n) is 18.0. The van der Waals surface area contributed by atoms with Crippen molar-refractivity contribution in [3.8, 4) is 11.4 Å². The van der Waals surface area contributed by atoms with Crippen LogP contribution in [0.2, 0.25) is 5.02 Å². The molecule has 2 aromatic heterocycles. The number of hydrogen-bond acceptors (Lipinski definition) is 7.